The smallest absolute Gasteiger partial charge is 0.130 e. The molecule has 1 atom stereocenters. The molecular weight excluding hydrogens is 214 g/mol. The first kappa shape index (κ1) is 8.65. The van der Waals surface area contributed by atoms with E-state index in [9.17, 15) is 8.78 Å². The fraction of sp³-hybridized carbons (Fsp3) is 0.250. The highest BCUT2D eigenvalue weighted by atomic mass is 79.9. The van der Waals surface area contributed by atoms with Gasteiger partial charge in [-0.15, -0.1) is 0 Å². The maximum Gasteiger partial charge on any atom is 0.130 e. The Morgan fingerprint density at radius 2 is 1.73 bits per heavy atom. The summed E-state index contributed by atoms with van der Waals surface area (Å²) in [7, 11) is 0. The average Bonchev–Trinajstić information content (AvgIpc) is 1.85. The topological polar surface area (TPSA) is 0 Å². The van der Waals surface area contributed by atoms with Crippen LogP contribution < -0.4 is 0 Å². The van der Waals surface area contributed by atoms with Crippen LogP contribution in [0.2, 0.25) is 0 Å². The van der Waals surface area contributed by atoms with Crippen molar-refractivity contribution in [1.29, 1.82) is 0 Å². The summed E-state index contributed by atoms with van der Waals surface area (Å²) in [4.78, 5) is -0.288. The molecule has 1 aromatic rings. The molecule has 60 valence electrons. The van der Waals surface area contributed by atoms with Gasteiger partial charge in [-0.2, -0.15) is 0 Å². The number of hydrogen-bond acceptors (Lipinski definition) is 0. The van der Waals surface area contributed by atoms with Crippen molar-refractivity contribution in [2.75, 3.05) is 0 Å². The summed E-state index contributed by atoms with van der Waals surface area (Å²) in [6.07, 6.45) is 0. The Bertz CT molecular complexity index is 238. The van der Waals surface area contributed by atoms with Crippen LogP contribution in [-0.4, -0.2) is 0 Å². The minimum Gasteiger partial charge on any atom is -0.207 e. The Kier molecular flexibility index (Phi) is 2.60. The first-order valence-corrected chi connectivity index (χ1v) is 4.12. The van der Waals surface area contributed by atoms with E-state index in [1.807, 2.05) is 0 Å². The van der Waals surface area contributed by atoms with Crippen molar-refractivity contribution in [2.45, 2.75) is 11.8 Å². The van der Waals surface area contributed by atoms with Gasteiger partial charge in [0.15, 0.2) is 0 Å². The molecule has 0 aromatic heterocycles. The molecule has 1 rings (SSSR count). The molecule has 0 aliphatic carbocycles. The van der Waals surface area contributed by atoms with Crippen LogP contribution in [0.3, 0.4) is 0 Å². The summed E-state index contributed by atoms with van der Waals surface area (Å²) in [6, 6.07) is 3.84. The zero-order valence-corrected chi connectivity index (χ0v) is 7.53. The van der Waals surface area contributed by atoms with Gasteiger partial charge in [0, 0.05) is 10.4 Å². The van der Waals surface area contributed by atoms with Gasteiger partial charge < -0.3 is 0 Å². The monoisotopic (exact) mass is 220 g/mol. The first-order chi connectivity index (χ1) is 5.13. The molecule has 0 nitrogen and oxygen atoms in total. The summed E-state index contributed by atoms with van der Waals surface area (Å²) < 4.78 is 25.7. The number of benzene rings is 1. The summed E-state index contributed by atoms with van der Waals surface area (Å²) in [5.41, 5.74) is 0.0903. The van der Waals surface area contributed by atoms with Crippen molar-refractivity contribution in [1.82, 2.24) is 0 Å². The van der Waals surface area contributed by atoms with Gasteiger partial charge in [-0.3, -0.25) is 0 Å². The third kappa shape index (κ3) is 1.77. The SMILES string of the molecule is C[C@@H](Br)c1c(F)cccc1F. The quantitative estimate of drug-likeness (QED) is 0.637. The van der Waals surface area contributed by atoms with E-state index in [1.165, 1.54) is 18.2 Å². The van der Waals surface area contributed by atoms with Crippen molar-refractivity contribution in [3.8, 4) is 0 Å². The molecule has 0 radical (unpaired) electrons. The number of rotatable bonds is 1. The van der Waals surface area contributed by atoms with Crippen molar-refractivity contribution in [3.05, 3.63) is 35.4 Å². The van der Waals surface area contributed by atoms with E-state index in [0.29, 0.717) is 0 Å². The second kappa shape index (κ2) is 3.30. The lowest BCUT2D eigenvalue weighted by Crippen LogP contribution is -1.94. The molecular formula is C8H7BrF2. The Hall–Kier alpha value is -0.440. The van der Waals surface area contributed by atoms with Crippen LogP contribution in [0.5, 0.6) is 0 Å². The molecule has 1 aromatic carbocycles. The lowest BCUT2D eigenvalue weighted by molar-refractivity contribution is 0.558. The standard InChI is InChI=1S/C8H7BrF2/c1-5(9)8-6(10)3-2-4-7(8)11/h2-5H,1H3/t5-/m1/s1. The Morgan fingerprint density at radius 1 is 1.27 bits per heavy atom. The third-order valence-electron chi connectivity index (χ3n) is 1.40. The van der Waals surface area contributed by atoms with E-state index < -0.39 is 11.6 Å². The summed E-state index contributed by atoms with van der Waals surface area (Å²) in [6.45, 7) is 1.68. The van der Waals surface area contributed by atoms with Crippen LogP contribution in [0, 0.1) is 11.6 Å². The van der Waals surface area contributed by atoms with Gasteiger partial charge in [-0.05, 0) is 19.1 Å². The molecule has 11 heavy (non-hydrogen) atoms. The van der Waals surface area contributed by atoms with Crippen molar-refractivity contribution >= 4 is 15.9 Å². The summed E-state index contributed by atoms with van der Waals surface area (Å²) in [5.74, 6) is -1.01. The van der Waals surface area contributed by atoms with Crippen LogP contribution in [0.1, 0.15) is 17.3 Å². The molecule has 0 aliphatic rings. The highest BCUT2D eigenvalue weighted by molar-refractivity contribution is 9.09. The zero-order chi connectivity index (χ0) is 8.43. The van der Waals surface area contributed by atoms with Crippen LogP contribution in [0.4, 0.5) is 8.78 Å². The second-order valence-electron chi connectivity index (χ2n) is 2.25. The average molecular weight is 221 g/mol. The predicted molar refractivity (Wildman–Crippen MR) is 43.7 cm³/mol. The fourth-order valence-corrected chi connectivity index (χ4v) is 1.33. The largest absolute Gasteiger partial charge is 0.207 e. The fourth-order valence-electron chi connectivity index (χ4n) is 0.891. The molecule has 3 heteroatoms. The van der Waals surface area contributed by atoms with Crippen LogP contribution in [-0.2, 0) is 0 Å². The Balaban J connectivity index is 3.21. The maximum absolute atomic E-state index is 12.8. The van der Waals surface area contributed by atoms with Gasteiger partial charge in [0.1, 0.15) is 11.6 Å². The molecule has 0 bridgehead atoms. The van der Waals surface area contributed by atoms with Gasteiger partial charge in [0.25, 0.3) is 0 Å². The summed E-state index contributed by atoms with van der Waals surface area (Å²) in [5, 5.41) is 0. The van der Waals surface area contributed by atoms with Crippen molar-refractivity contribution in [2.24, 2.45) is 0 Å². The lowest BCUT2D eigenvalue weighted by Gasteiger charge is -2.05. The molecule has 0 unspecified atom stereocenters. The number of hydrogen-bond donors (Lipinski definition) is 0. The second-order valence-corrected chi connectivity index (χ2v) is 3.62. The molecule has 0 amide bonds. The zero-order valence-electron chi connectivity index (χ0n) is 5.94. The van der Waals surface area contributed by atoms with Crippen molar-refractivity contribution in [3.63, 3.8) is 0 Å². The predicted octanol–water partition coefficient (Wildman–Crippen LogP) is 3.42. The van der Waals surface area contributed by atoms with Crippen molar-refractivity contribution < 1.29 is 8.78 Å². The van der Waals surface area contributed by atoms with E-state index in [2.05, 4.69) is 15.9 Å². The molecule has 0 spiro atoms. The van der Waals surface area contributed by atoms with Gasteiger partial charge >= 0.3 is 0 Å². The van der Waals surface area contributed by atoms with E-state index >= 15 is 0 Å². The molecule has 0 N–H and O–H groups in total. The van der Waals surface area contributed by atoms with Gasteiger partial charge in [0.05, 0.1) is 0 Å². The van der Waals surface area contributed by atoms with Gasteiger partial charge in [-0.1, -0.05) is 22.0 Å². The molecule has 0 fully saturated rings. The summed E-state index contributed by atoms with van der Waals surface area (Å²) >= 11 is 3.10. The molecule has 0 saturated heterocycles. The van der Waals surface area contributed by atoms with Crippen LogP contribution in [0.15, 0.2) is 18.2 Å². The number of alkyl halides is 1. The minimum atomic E-state index is -0.505. The van der Waals surface area contributed by atoms with E-state index in [1.54, 1.807) is 6.92 Å². The minimum absolute atomic E-state index is 0.0903. The van der Waals surface area contributed by atoms with E-state index in [4.69, 9.17) is 0 Å². The van der Waals surface area contributed by atoms with Gasteiger partial charge in [0.2, 0.25) is 0 Å². The lowest BCUT2D eigenvalue weighted by atomic mass is 10.1. The number of halogens is 3. The van der Waals surface area contributed by atoms with E-state index in [-0.39, 0.29) is 10.4 Å². The maximum atomic E-state index is 12.8. The molecule has 0 heterocycles. The third-order valence-corrected chi connectivity index (χ3v) is 1.86. The normalized spacial score (nSPS) is 13.1. The highest BCUT2D eigenvalue weighted by Crippen LogP contribution is 2.26. The Morgan fingerprint density at radius 3 is 2.00 bits per heavy atom. The highest BCUT2D eigenvalue weighted by Gasteiger charge is 2.12. The van der Waals surface area contributed by atoms with E-state index in [0.717, 1.165) is 0 Å². The van der Waals surface area contributed by atoms with Crippen LogP contribution >= 0.6 is 15.9 Å². The van der Waals surface area contributed by atoms with Gasteiger partial charge in [-0.25, -0.2) is 8.78 Å². The molecule has 0 aliphatic heterocycles. The molecule has 0 saturated carbocycles. The Labute approximate surface area is 72.4 Å². The van der Waals surface area contributed by atoms with Crippen LogP contribution in [0.25, 0.3) is 0 Å². The first-order valence-electron chi connectivity index (χ1n) is 3.21.